The van der Waals surface area contributed by atoms with Gasteiger partial charge in [0.25, 0.3) is 0 Å². The van der Waals surface area contributed by atoms with E-state index >= 15 is 0 Å². The summed E-state index contributed by atoms with van der Waals surface area (Å²) >= 11 is 3.41. The molecule has 0 saturated heterocycles. The summed E-state index contributed by atoms with van der Waals surface area (Å²) in [6.45, 7) is 2.00. The van der Waals surface area contributed by atoms with Crippen molar-refractivity contribution < 1.29 is 4.39 Å². The number of aromatic nitrogens is 2. The highest BCUT2D eigenvalue weighted by Gasteiger charge is 2.16. The highest BCUT2D eigenvalue weighted by Crippen LogP contribution is 2.25. The lowest BCUT2D eigenvalue weighted by molar-refractivity contribution is 0.584. The fourth-order valence-electron chi connectivity index (χ4n) is 2.23. The van der Waals surface area contributed by atoms with Crippen molar-refractivity contribution in [2.24, 2.45) is 7.05 Å². The molecule has 0 fully saturated rings. The van der Waals surface area contributed by atoms with Gasteiger partial charge in [-0.3, -0.25) is 4.68 Å². The van der Waals surface area contributed by atoms with Gasteiger partial charge < -0.3 is 5.32 Å². The Hall–Kier alpha value is -1.20. The Morgan fingerprint density at radius 3 is 2.74 bits per heavy atom. The SMILES string of the molecule is CNC(Cc1ccc(F)cc1Br)c1cn(C)nc1C. The number of nitrogens with one attached hydrogen (secondary N) is 1. The van der Waals surface area contributed by atoms with Gasteiger partial charge in [0, 0.05) is 29.3 Å². The van der Waals surface area contributed by atoms with E-state index in [1.165, 1.54) is 17.7 Å². The molecule has 0 aliphatic heterocycles. The largest absolute Gasteiger partial charge is 0.313 e. The fourth-order valence-corrected chi connectivity index (χ4v) is 2.75. The number of likely N-dealkylation sites (N-methyl/N-ethyl adjacent to an activating group) is 1. The van der Waals surface area contributed by atoms with Gasteiger partial charge >= 0.3 is 0 Å². The normalized spacial score (nSPS) is 12.7. The molecule has 0 aliphatic rings. The minimum atomic E-state index is -0.228. The number of nitrogens with zero attached hydrogens (tertiary/aromatic N) is 2. The molecule has 0 aliphatic carbocycles. The van der Waals surface area contributed by atoms with Gasteiger partial charge in [-0.05, 0) is 38.1 Å². The van der Waals surface area contributed by atoms with E-state index in [2.05, 4.69) is 26.3 Å². The lowest BCUT2D eigenvalue weighted by atomic mass is 10.00. The molecule has 1 atom stereocenters. The van der Waals surface area contributed by atoms with Gasteiger partial charge in [-0.15, -0.1) is 0 Å². The molecule has 1 N–H and O–H groups in total. The topological polar surface area (TPSA) is 29.9 Å². The van der Waals surface area contributed by atoms with Gasteiger partial charge in [0.05, 0.1) is 5.69 Å². The van der Waals surface area contributed by atoms with Crippen LogP contribution >= 0.6 is 15.9 Å². The van der Waals surface area contributed by atoms with Gasteiger partial charge in [0.2, 0.25) is 0 Å². The maximum atomic E-state index is 13.1. The molecule has 1 heterocycles. The Balaban J connectivity index is 2.26. The van der Waals surface area contributed by atoms with Crippen LogP contribution in [0.2, 0.25) is 0 Å². The van der Waals surface area contributed by atoms with Crippen LogP contribution in [0.25, 0.3) is 0 Å². The van der Waals surface area contributed by atoms with Crippen molar-refractivity contribution in [1.82, 2.24) is 15.1 Å². The lowest BCUT2D eigenvalue weighted by Gasteiger charge is -2.16. The molecule has 1 aromatic heterocycles. The molecular weight excluding hydrogens is 309 g/mol. The van der Waals surface area contributed by atoms with Crippen LogP contribution in [0.1, 0.15) is 22.9 Å². The second kappa shape index (κ2) is 5.84. The Bertz CT molecular complexity index is 580. The summed E-state index contributed by atoms with van der Waals surface area (Å²) in [6.07, 6.45) is 2.80. The van der Waals surface area contributed by atoms with E-state index in [4.69, 9.17) is 0 Å². The van der Waals surface area contributed by atoms with Gasteiger partial charge in [-0.1, -0.05) is 22.0 Å². The zero-order valence-corrected chi connectivity index (χ0v) is 12.8. The van der Waals surface area contributed by atoms with Crippen molar-refractivity contribution in [2.45, 2.75) is 19.4 Å². The Labute approximate surface area is 121 Å². The maximum Gasteiger partial charge on any atom is 0.124 e. The quantitative estimate of drug-likeness (QED) is 0.935. The van der Waals surface area contributed by atoms with Crippen LogP contribution < -0.4 is 5.32 Å². The van der Waals surface area contributed by atoms with Crippen molar-refractivity contribution in [3.05, 3.63) is 51.5 Å². The number of rotatable bonds is 4. The Morgan fingerprint density at radius 1 is 1.47 bits per heavy atom. The highest BCUT2D eigenvalue weighted by atomic mass is 79.9. The standard InChI is InChI=1S/C14H17BrFN3/c1-9-12(8-19(3)18-9)14(17-2)6-10-4-5-11(16)7-13(10)15/h4-5,7-8,14,17H,6H2,1-3H3. The smallest absolute Gasteiger partial charge is 0.124 e. The molecule has 5 heteroatoms. The van der Waals surface area contributed by atoms with E-state index in [1.807, 2.05) is 38.0 Å². The summed E-state index contributed by atoms with van der Waals surface area (Å²) in [4.78, 5) is 0. The first-order valence-corrected chi connectivity index (χ1v) is 6.92. The van der Waals surface area contributed by atoms with E-state index in [1.54, 1.807) is 0 Å². The molecule has 3 nitrogen and oxygen atoms in total. The highest BCUT2D eigenvalue weighted by molar-refractivity contribution is 9.10. The summed E-state index contributed by atoms with van der Waals surface area (Å²) in [5.74, 6) is -0.228. The van der Waals surface area contributed by atoms with Gasteiger partial charge in [-0.2, -0.15) is 5.10 Å². The minimum absolute atomic E-state index is 0.162. The minimum Gasteiger partial charge on any atom is -0.313 e. The number of benzene rings is 1. The second-order valence-corrected chi connectivity index (χ2v) is 5.48. The lowest BCUT2D eigenvalue weighted by Crippen LogP contribution is -2.19. The van der Waals surface area contributed by atoms with Crippen molar-refractivity contribution in [2.75, 3.05) is 7.05 Å². The van der Waals surface area contributed by atoms with Gasteiger partial charge in [0.15, 0.2) is 0 Å². The molecule has 0 spiro atoms. The summed E-state index contributed by atoms with van der Waals surface area (Å²) in [5.41, 5.74) is 3.25. The summed E-state index contributed by atoms with van der Waals surface area (Å²) in [5, 5.41) is 7.66. The summed E-state index contributed by atoms with van der Waals surface area (Å²) in [6, 6.07) is 4.96. The zero-order chi connectivity index (χ0) is 14.0. The average molecular weight is 326 g/mol. The van der Waals surface area contributed by atoms with Crippen LogP contribution in [-0.4, -0.2) is 16.8 Å². The van der Waals surface area contributed by atoms with Crippen molar-refractivity contribution in [3.8, 4) is 0 Å². The third-order valence-electron chi connectivity index (χ3n) is 3.21. The predicted octanol–water partition coefficient (Wildman–Crippen LogP) is 3.13. The molecule has 0 amide bonds. The first-order chi connectivity index (χ1) is 9.01. The fraction of sp³-hybridized carbons (Fsp3) is 0.357. The van der Waals surface area contributed by atoms with E-state index < -0.39 is 0 Å². The van der Waals surface area contributed by atoms with Gasteiger partial charge in [-0.25, -0.2) is 4.39 Å². The van der Waals surface area contributed by atoms with Gasteiger partial charge in [0.1, 0.15) is 5.82 Å². The van der Waals surface area contributed by atoms with Crippen molar-refractivity contribution in [3.63, 3.8) is 0 Å². The molecule has 19 heavy (non-hydrogen) atoms. The molecule has 0 radical (unpaired) electrons. The third-order valence-corrected chi connectivity index (χ3v) is 3.95. The van der Waals surface area contributed by atoms with E-state index in [0.717, 1.165) is 22.2 Å². The molecule has 0 bridgehead atoms. The zero-order valence-electron chi connectivity index (χ0n) is 11.2. The van der Waals surface area contributed by atoms with Crippen LogP contribution in [0.4, 0.5) is 4.39 Å². The predicted molar refractivity (Wildman–Crippen MR) is 77.5 cm³/mol. The molecule has 102 valence electrons. The summed E-state index contributed by atoms with van der Waals surface area (Å²) in [7, 11) is 3.84. The number of halogens is 2. The van der Waals surface area contributed by atoms with Crippen LogP contribution in [0.15, 0.2) is 28.9 Å². The third kappa shape index (κ3) is 3.22. The monoisotopic (exact) mass is 325 g/mol. The van der Waals surface area contributed by atoms with Crippen molar-refractivity contribution in [1.29, 1.82) is 0 Å². The number of hydrogen-bond donors (Lipinski definition) is 1. The maximum absolute atomic E-state index is 13.1. The second-order valence-electron chi connectivity index (χ2n) is 4.62. The van der Waals surface area contributed by atoms with E-state index in [9.17, 15) is 4.39 Å². The van der Waals surface area contributed by atoms with E-state index in [0.29, 0.717) is 0 Å². The molecule has 1 aromatic carbocycles. The van der Waals surface area contributed by atoms with E-state index in [-0.39, 0.29) is 11.9 Å². The first-order valence-electron chi connectivity index (χ1n) is 6.12. The molecule has 0 saturated carbocycles. The average Bonchev–Trinajstić information content (AvgIpc) is 2.68. The first kappa shape index (κ1) is 14.2. The molecular formula is C14H17BrFN3. The Morgan fingerprint density at radius 2 is 2.21 bits per heavy atom. The van der Waals surface area contributed by atoms with Crippen LogP contribution in [0.5, 0.6) is 0 Å². The number of hydrogen-bond acceptors (Lipinski definition) is 2. The summed E-state index contributed by atoms with van der Waals surface area (Å²) < 4.78 is 15.7. The number of aryl methyl sites for hydroxylation is 2. The van der Waals surface area contributed by atoms with Crippen LogP contribution in [-0.2, 0) is 13.5 Å². The molecule has 1 unspecified atom stereocenters. The van der Waals surface area contributed by atoms with Crippen LogP contribution in [0, 0.1) is 12.7 Å². The van der Waals surface area contributed by atoms with Crippen molar-refractivity contribution >= 4 is 15.9 Å². The van der Waals surface area contributed by atoms with Crippen LogP contribution in [0.3, 0.4) is 0 Å². The molecule has 2 rings (SSSR count). The molecule has 2 aromatic rings. The Kier molecular flexibility index (Phi) is 4.37.